The van der Waals surface area contributed by atoms with Crippen molar-refractivity contribution in [1.29, 1.82) is 0 Å². The molecule has 8 heteroatoms. The van der Waals surface area contributed by atoms with Crippen LogP contribution in [0.1, 0.15) is 27.1 Å². The lowest BCUT2D eigenvalue weighted by Crippen LogP contribution is -2.04. The molecule has 0 unspecified atom stereocenters. The summed E-state index contributed by atoms with van der Waals surface area (Å²) in [6, 6.07) is 5.02. The molecular weight excluding hydrogens is 284 g/mol. The van der Waals surface area contributed by atoms with E-state index in [-0.39, 0.29) is 16.7 Å². The van der Waals surface area contributed by atoms with Crippen LogP contribution in [-0.2, 0) is 9.59 Å². The Balaban J connectivity index is 0.000000400. The Bertz CT molecular complexity index is 537. The van der Waals surface area contributed by atoms with Gasteiger partial charge >= 0.3 is 23.9 Å². The van der Waals surface area contributed by atoms with Crippen LogP contribution < -0.4 is 0 Å². The fourth-order valence-electron chi connectivity index (χ4n) is 1.01. The first-order valence-electron chi connectivity index (χ1n) is 5.34. The first kappa shape index (κ1) is 17.8. The second-order valence-electron chi connectivity index (χ2n) is 3.67. The number of aromatic carboxylic acids is 2. The van der Waals surface area contributed by atoms with Gasteiger partial charge in [-0.2, -0.15) is 0 Å². The molecule has 0 amide bonds. The summed E-state index contributed by atoms with van der Waals surface area (Å²) in [4.78, 5) is 40.3. The zero-order valence-corrected chi connectivity index (χ0v) is 10.6. The van der Waals surface area contributed by atoms with Gasteiger partial charge in [0, 0.05) is 5.57 Å². The van der Waals surface area contributed by atoms with Crippen LogP contribution in [0, 0.1) is 0 Å². The Hall–Kier alpha value is -3.16. The van der Waals surface area contributed by atoms with E-state index in [1.807, 2.05) is 0 Å². The van der Waals surface area contributed by atoms with E-state index in [0.29, 0.717) is 0 Å². The maximum Gasteiger partial charge on any atom is 0.335 e. The fourth-order valence-corrected chi connectivity index (χ4v) is 1.01. The third-order valence-electron chi connectivity index (χ3n) is 2.05. The number of carboxylic acids is 4. The summed E-state index contributed by atoms with van der Waals surface area (Å²) in [6.45, 7) is 3.01. The summed E-state index contributed by atoms with van der Waals surface area (Å²) < 4.78 is 0. The van der Waals surface area contributed by atoms with E-state index >= 15 is 0 Å². The number of carbonyl (C=O) groups is 4. The van der Waals surface area contributed by atoms with Crippen LogP contribution in [0.4, 0.5) is 0 Å². The summed E-state index contributed by atoms with van der Waals surface area (Å²) in [6.07, 6.45) is -0.505. The van der Waals surface area contributed by atoms with Crippen molar-refractivity contribution in [3.63, 3.8) is 0 Å². The number of hydrogen-bond donors (Lipinski definition) is 4. The lowest BCUT2D eigenvalue weighted by molar-refractivity contribution is -0.139. The SMILES string of the molecule is C=C(CC(=O)O)C(=O)O.O=C(O)c1ccc(C(=O)O)cc1. The highest BCUT2D eigenvalue weighted by Crippen LogP contribution is 2.03. The van der Waals surface area contributed by atoms with E-state index in [2.05, 4.69) is 6.58 Å². The summed E-state index contributed by atoms with van der Waals surface area (Å²) in [7, 11) is 0. The topological polar surface area (TPSA) is 149 Å². The minimum Gasteiger partial charge on any atom is -0.481 e. The molecule has 1 aromatic carbocycles. The number of benzene rings is 1. The largest absolute Gasteiger partial charge is 0.481 e. The van der Waals surface area contributed by atoms with Gasteiger partial charge in [-0.05, 0) is 24.3 Å². The second-order valence-corrected chi connectivity index (χ2v) is 3.67. The number of hydrogen-bond acceptors (Lipinski definition) is 4. The third-order valence-corrected chi connectivity index (χ3v) is 2.05. The smallest absolute Gasteiger partial charge is 0.335 e. The van der Waals surface area contributed by atoms with Gasteiger partial charge in [0.25, 0.3) is 0 Å². The molecule has 1 aromatic rings. The molecular formula is C13H12O8. The summed E-state index contributed by atoms with van der Waals surface area (Å²) in [5.41, 5.74) is -0.137. The van der Waals surface area contributed by atoms with Gasteiger partial charge in [0.15, 0.2) is 0 Å². The zero-order chi connectivity index (χ0) is 16.6. The normalized spacial score (nSPS) is 8.95. The Morgan fingerprint density at radius 1 is 0.810 bits per heavy atom. The minimum absolute atomic E-state index is 0.0833. The fraction of sp³-hybridized carbons (Fsp3) is 0.0769. The average Bonchev–Trinajstić information content (AvgIpc) is 2.38. The van der Waals surface area contributed by atoms with Crippen molar-refractivity contribution < 1.29 is 39.6 Å². The predicted molar refractivity (Wildman–Crippen MR) is 69.4 cm³/mol. The second kappa shape index (κ2) is 8.10. The first-order chi connectivity index (χ1) is 9.65. The zero-order valence-electron chi connectivity index (χ0n) is 10.6. The first-order valence-corrected chi connectivity index (χ1v) is 5.34. The molecule has 0 heterocycles. The molecule has 0 saturated carbocycles. The van der Waals surface area contributed by atoms with Gasteiger partial charge in [0.2, 0.25) is 0 Å². The van der Waals surface area contributed by atoms with E-state index < -0.39 is 30.3 Å². The minimum atomic E-state index is -1.27. The van der Waals surface area contributed by atoms with E-state index in [1.54, 1.807) is 0 Å². The van der Waals surface area contributed by atoms with Gasteiger partial charge in [-0.25, -0.2) is 14.4 Å². The average molecular weight is 296 g/mol. The molecule has 0 aliphatic rings. The summed E-state index contributed by atoms with van der Waals surface area (Å²) >= 11 is 0. The van der Waals surface area contributed by atoms with E-state index in [0.717, 1.165) is 0 Å². The standard InChI is InChI=1S/C8H6O4.C5H6O4/c9-7(10)5-1-2-6(4-3-5)8(11)12;1-3(5(8)9)2-4(6)7/h1-4H,(H,9,10)(H,11,12);1-2H2,(H,6,7)(H,8,9). The molecule has 0 aliphatic carbocycles. The Labute approximate surface area is 118 Å². The van der Waals surface area contributed by atoms with Crippen molar-refractivity contribution in [1.82, 2.24) is 0 Å². The molecule has 0 atom stereocenters. The monoisotopic (exact) mass is 296 g/mol. The van der Waals surface area contributed by atoms with E-state index in [9.17, 15) is 19.2 Å². The Morgan fingerprint density at radius 3 is 1.29 bits per heavy atom. The predicted octanol–water partition coefficient (Wildman–Crippen LogP) is 1.18. The van der Waals surface area contributed by atoms with E-state index in [1.165, 1.54) is 24.3 Å². The molecule has 1 rings (SSSR count). The molecule has 0 spiro atoms. The van der Waals surface area contributed by atoms with Crippen molar-refractivity contribution in [2.24, 2.45) is 0 Å². The highest BCUT2D eigenvalue weighted by molar-refractivity contribution is 5.92. The number of aliphatic carboxylic acids is 2. The van der Waals surface area contributed by atoms with Crippen LogP contribution in [0.2, 0.25) is 0 Å². The van der Waals surface area contributed by atoms with Crippen molar-refractivity contribution in [2.75, 3.05) is 0 Å². The van der Waals surface area contributed by atoms with Crippen LogP contribution in [0.3, 0.4) is 0 Å². The molecule has 0 fully saturated rings. The number of carboxylic acid groups (broad SMARTS) is 4. The van der Waals surface area contributed by atoms with Gasteiger partial charge in [-0.1, -0.05) is 6.58 Å². The molecule has 0 aliphatic heterocycles. The van der Waals surface area contributed by atoms with Crippen molar-refractivity contribution in [3.05, 3.63) is 47.5 Å². The molecule has 8 nitrogen and oxygen atoms in total. The van der Waals surface area contributed by atoms with Crippen molar-refractivity contribution >= 4 is 23.9 Å². The van der Waals surface area contributed by atoms with E-state index in [4.69, 9.17) is 20.4 Å². The highest BCUT2D eigenvalue weighted by atomic mass is 16.4. The maximum atomic E-state index is 10.3. The molecule has 4 N–H and O–H groups in total. The van der Waals surface area contributed by atoms with Crippen LogP contribution in [0.25, 0.3) is 0 Å². The van der Waals surface area contributed by atoms with Crippen LogP contribution in [0.5, 0.6) is 0 Å². The summed E-state index contributed by atoms with van der Waals surface area (Å²) in [5, 5.41) is 33.0. The van der Waals surface area contributed by atoms with Crippen molar-refractivity contribution in [3.8, 4) is 0 Å². The Kier molecular flexibility index (Phi) is 6.88. The molecule has 0 bridgehead atoms. The summed E-state index contributed by atoms with van der Waals surface area (Å²) in [5.74, 6) is -4.57. The number of rotatable bonds is 5. The lowest BCUT2D eigenvalue weighted by Gasteiger charge is -1.94. The van der Waals surface area contributed by atoms with Gasteiger partial charge in [-0.3, -0.25) is 4.79 Å². The maximum absolute atomic E-state index is 10.3. The Morgan fingerprint density at radius 2 is 1.14 bits per heavy atom. The third kappa shape index (κ3) is 7.11. The quantitative estimate of drug-likeness (QED) is 0.592. The van der Waals surface area contributed by atoms with Crippen LogP contribution in [0.15, 0.2) is 36.4 Å². The van der Waals surface area contributed by atoms with Gasteiger partial charge in [0.1, 0.15) is 0 Å². The molecule has 0 aromatic heterocycles. The van der Waals surface area contributed by atoms with Gasteiger partial charge in [-0.15, -0.1) is 0 Å². The molecule has 112 valence electrons. The van der Waals surface area contributed by atoms with Gasteiger partial charge in [0.05, 0.1) is 17.5 Å². The molecule has 0 radical (unpaired) electrons. The lowest BCUT2D eigenvalue weighted by atomic mass is 10.1. The van der Waals surface area contributed by atoms with Crippen LogP contribution in [-0.4, -0.2) is 44.3 Å². The van der Waals surface area contributed by atoms with Gasteiger partial charge < -0.3 is 20.4 Å². The highest BCUT2D eigenvalue weighted by Gasteiger charge is 2.07. The van der Waals surface area contributed by atoms with Crippen molar-refractivity contribution in [2.45, 2.75) is 6.42 Å². The molecule has 21 heavy (non-hydrogen) atoms. The molecule has 0 saturated heterocycles. The van der Waals surface area contributed by atoms with Crippen LogP contribution >= 0.6 is 0 Å².